The van der Waals surface area contributed by atoms with Crippen molar-refractivity contribution in [2.24, 2.45) is 16.8 Å². The number of carbonyl (C=O) groups excluding carboxylic acids is 1. The fourth-order valence-corrected chi connectivity index (χ4v) is 4.73. The van der Waals surface area contributed by atoms with E-state index in [9.17, 15) is 14.9 Å². The largest absolute Gasteiger partial charge is 0.468 e. The van der Waals surface area contributed by atoms with Gasteiger partial charge >= 0.3 is 5.97 Å². The Hall–Kier alpha value is -2.54. The van der Waals surface area contributed by atoms with Crippen molar-refractivity contribution in [3.05, 3.63) is 56.5 Å². The number of non-ortho nitro benzene ring substituents is 1. The van der Waals surface area contributed by atoms with Crippen molar-refractivity contribution in [3.63, 3.8) is 0 Å². The van der Waals surface area contributed by atoms with Gasteiger partial charge in [-0.05, 0) is 35.8 Å². The molecule has 3 rings (SSSR count). The maximum Gasteiger partial charge on any atom is 0.315 e. The van der Waals surface area contributed by atoms with Crippen LogP contribution in [0.25, 0.3) is 0 Å². The first-order chi connectivity index (χ1) is 12.8. The van der Waals surface area contributed by atoms with Gasteiger partial charge in [0.2, 0.25) is 0 Å². The quantitative estimate of drug-likeness (QED) is 0.416. The van der Waals surface area contributed by atoms with E-state index in [1.54, 1.807) is 23.5 Å². The second-order valence-corrected chi connectivity index (χ2v) is 8.02. The van der Waals surface area contributed by atoms with E-state index in [0.29, 0.717) is 11.6 Å². The zero-order valence-electron chi connectivity index (χ0n) is 15.8. The minimum absolute atomic E-state index is 0.0125. The lowest BCUT2D eigenvalue weighted by molar-refractivity contribution is -0.384. The zero-order valence-corrected chi connectivity index (χ0v) is 16.6. The fraction of sp³-hybridized carbons (Fsp3) is 0.400. The molecule has 7 heteroatoms. The van der Waals surface area contributed by atoms with Gasteiger partial charge in [-0.3, -0.25) is 14.9 Å². The van der Waals surface area contributed by atoms with Gasteiger partial charge in [0, 0.05) is 29.3 Å². The molecular formula is C20H22N2O4S. The molecule has 1 aromatic heterocycles. The van der Waals surface area contributed by atoms with Crippen LogP contribution >= 0.6 is 11.3 Å². The topological polar surface area (TPSA) is 81.8 Å². The van der Waals surface area contributed by atoms with Crippen LogP contribution in [0, 0.1) is 22.0 Å². The molecule has 1 aliphatic heterocycles. The van der Waals surface area contributed by atoms with E-state index in [2.05, 4.69) is 24.2 Å². The van der Waals surface area contributed by atoms with Crippen LogP contribution < -0.4 is 0 Å². The Balaban J connectivity index is 2.22. The van der Waals surface area contributed by atoms with Crippen molar-refractivity contribution in [1.29, 1.82) is 0 Å². The van der Waals surface area contributed by atoms with Crippen LogP contribution in [0.1, 0.15) is 43.4 Å². The molecule has 1 aromatic carbocycles. The third-order valence-corrected chi connectivity index (χ3v) is 5.72. The Kier molecular flexibility index (Phi) is 5.41. The summed E-state index contributed by atoms with van der Waals surface area (Å²) in [4.78, 5) is 28.1. The van der Waals surface area contributed by atoms with Gasteiger partial charge in [0.15, 0.2) is 0 Å². The first-order valence-electron chi connectivity index (χ1n) is 8.81. The first kappa shape index (κ1) is 19.2. The van der Waals surface area contributed by atoms with Crippen molar-refractivity contribution in [1.82, 2.24) is 0 Å². The van der Waals surface area contributed by atoms with Crippen LogP contribution in [0.4, 0.5) is 10.7 Å². The Morgan fingerprint density at radius 2 is 2.15 bits per heavy atom. The Labute approximate surface area is 162 Å². The van der Waals surface area contributed by atoms with E-state index in [1.165, 1.54) is 13.2 Å². The predicted molar refractivity (Wildman–Crippen MR) is 106 cm³/mol. The molecule has 0 saturated carbocycles. The molecule has 1 aliphatic rings. The summed E-state index contributed by atoms with van der Waals surface area (Å²) < 4.78 is 5.05. The molecular weight excluding hydrogens is 364 g/mol. The number of esters is 1. The number of methoxy groups -OCH3 is 1. The molecule has 1 unspecified atom stereocenters. The molecule has 2 aromatic rings. The number of rotatable bonds is 5. The van der Waals surface area contributed by atoms with E-state index in [1.807, 2.05) is 13.0 Å². The molecule has 2 atom stereocenters. The second-order valence-electron chi connectivity index (χ2n) is 7.16. The minimum atomic E-state index is -0.593. The van der Waals surface area contributed by atoms with Crippen LogP contribution in [-0.4, -0.2) is 23.7 Å². The van der Waals surface area contributed by atoms with E-state index in [4.69, 9.17) is 4.74 Å². The number of hydrogen-bond acceptors (Lipinski definition) is 6. The number of carbonyl (C=O) groups is 1. The number of fused-ring (bicyclic) bond motifs is 1. The van der Waals surface area contributed by atoms with Crippen LogP contribution in [0.15, 0.2) is 34.6 Å². The number of nitro groups is 1. The van der Waals surface area contributed by atoms with Crippen molar-refractivity contribution in [3.8, 4) is 0 Å². The number of nitro benzene ring substituents is 1. The summed E-state index contributed by atoms with van der Waals surface area (Å²) in [6.45, 7) is 6.10. The Morgan fingerprint density at radius 3 is 2.78 bits per heavy atom. The van der Waals surface area contributed by atoms with Crippen molar-refractivity contribution < 1.29 is 14.5 Å². The summed E-state index contributed by atoms with van der Waals surface area (Å²) in [6, 6.07) is 6.52. The van der Waals surface area contributed by atoms with Crippen LogP contribution in [0.2, 0.25) is 0 Å². The maximum atomic E-state index is 12.6. The molecule has 0 saturated heterocycles. The highest BCUT2D eigenvalue weighted by molar-refractivity contribution is 7.14. The maximum absolute atomic E-state index is 12.6. The average Bonchev–Trinajstić information content (AvgIpc) is 3.01. The van der Waals surface area contributed by atoms with Crippen LogP contribution in [0.5, 0.6) is 0 Å². The molecule has 2 heterocycles. The molecule has 0 N–H and O–H groups in total. The fourth-order valence-electron chi connectivity index (χ4n) is 3.67. The number of ether oxygens (including phenoxy) is 1. The van der Waals surface area contributed by atoms with E-state index in [-0.39, 0.29) is 17.6 Å². The highest BCUT2D eigenvalue weighted by Gasteiger charge is 2.40. The van der Waals surface area contributed by atoms with Gasteiger partial charge in [-0.25, -0.2) is 4.99 Å². The minimum Gasteiger partial charge on any atom is -0.468 e. The summed E-state index contributed by atoms with van der Waals surface area (Å²) in [5.41, 5.74) is 3.56. The Morgan fingerprint density at radius 1 is 1.41 bits per heavy atom. The van der Waals surface area contributed by atoms with Gasteiger partial charge in [-0.1, -0.05) is 26.0 Å². The lowest BCUT2D eigenvalue weighted by Gasteiger charge is -2.30. The van der Waals surface area contributed by atoms with Gasteiger partial charge in [-0.15, -0.1) is 11.3 Å². The van der Waals surface area contributed by atoms with E-state index in [0.717, 1.165) is 28.1 Å². The monoisotopic (exact) mass is 386 g/mol. The second kappa shape index (κ2) is 7.60. The Bertz CT molecular complexity index is 916. The lowest BCUT2D eigenvalue weighted by atomic mass is 9.75. The number of nitrogens with zero attached hydrogens (tertiary/aromatic N) is 2. The molecule has 142 valence electrons. The summed E-state index contributed by atoms with van der Waals surface area (Å²) in [5.74, 6) is -0.868. The third-order valence-electron chi connectivity index (χ3n) is 4.78. The molecule has 0 bridgehead atoms. The molecule has 6 nitrogen and oxygen atoms in total. The van der Waals surface area contributed by atoms with Gasteiger partial charge in [0.1, 0.15) is 10.9 Å². The summed E-state index contributed by atoms with van der Waals surface area (Å²) in [5, 5.41) is 14.2. The lowest BCUT2D eigenvalue weighted by Crippen LogP contribution is -2.33. The summed E-state index contributed by atoms with van der Waals surface area (Å²) in [6.07, 6.45) is 0.861. The summed E-state index contributed by atoms with van der Waals surface area (Å²) >= 11 is 1.55. The summed E-state index contributed by atoms with van der Waals surface area (Å²) in [7, 11) is 1.36. The molecule has 0 spiro atoms. The molecule has 0 fully saturated rings. The molecule has 0 amide bonds. The third kappa shape index (κ3) is 3.64. The standard InChI is InChI=1S/C20H22N2O4S/c1-11(2)8-14-10-27-19-18(14)17(16(12(3)21-19)20(23)26-4)13-6-5-7-15(9-13)22(24)25/h5-7,9-11,16-17H,8H2,1-4H3/t16?,17-/m0/s1. The van der Waals surface area contributed by atoms with Crippen LogP contribution in [0.3, 0.4) is 0 Å². The van der Waals surface area contributed by atoms with E-state index < -0.39 is 10.8 Å². The van der Waals surface area contributed by atoms with Crippen molar-refractivity contribution in [2.45, 2.75) is 33.1 Å². The number of hydrogen-bond donors (Lipinski definition) is 0. The number of benzene rings is 1. The number of thiophene rings is 1. The van der Waals surface area contributed by atoms with Crippen molar-refractivity contribution in [2.75, 3.05) is 7.11 Å². The first-order valence-corrected chi connectivity index (χ1v) is 9.69. The van der Waals surface area contributed by atoms with Gasteiger partial charge in [0.25, 0.3) is 5.69 Å². The van der Waals surface area contributed by atoms with Crippen molar-refractivity contribution >= 4 is 33.7 Å². The molecule has 0 radical (unpaired) electrons. The van der Waals surface area contributed by atoms with Gasteiger partial charge in [-0.2, -0.15) is 0 Å². The van der Waals surface area contributed by atoms with Gasteiger partial charge in [0.05, 0.1) is 12.0 Å². The highest BCUT2D eigenvalue weighted by atomic mass is 32.1. The molecule has 27 heavy (non-hydrogen) atoms. The highest BCUT2D eigenvalue weighted by Crippen LogP contribution is 2.48. The van der Waals surface area contributed by atoms with Crippen LogP contribution in [-0.2, 0) is 16.0 Å². The zero-order chi connectivity index (χ0) is 19.7. The SMILES string of the molecule is COC(=O)C1C(C)=Nc2scc(CC(C)C)c2[C@H]1c1cccc([N+](=O)[O-])c1. The predicted octanol–water partition coefficient (Wildman–Crippen LogP) is 4.88. The average molecular weight is 386 g/mol. The normalized spacial score (nSPS) is 18.8. The van der Waals surface area contributed by atoms with Gasteiger partial charge < -0.3 is 4.74 Å². The number of aliphatic imine (C=N–C) groups is 1. The smallest absolute Gasteiger partial charge is 0.315 e. The van der Waals surface area contributed by atoms with E-state index >= 15 is 0 Å². The molecule has 0 aliphatic carbocycles.